The fraction of sp³-hybridized carbons (Fsp3) is 0.471. The van der Waals surface area contributed by atoms with Crippen molar-refractivity contribution in [2.45, 2.75) is 31.8 Å². The topological polar surface area (TPSA) is 45.5 Å². The lowest BCUT2D eigenvalue weighted by Gasteiger charge is -2.49. The van der Waals surface area contributed by atoms with Crippen molar-refractivity contribution in [2.24, 2.45) is 5.92 Å². The third-order valence-corrected chi connectivity index (χ3v) is 5.19. The molecule has 3 saturated heterocycles. The van der Waals surface area contributed by atoms with Crippen molar-refractivity contribution in [1.82, 2.24) is 10.2 Å². The Bertz CT molecular complexity index is 668. The van der Waals surface area contributed by atoms with Crippen LogP contribution in [0.1, 0.15) is 30.1 Å². The molecule has 1 N–H and O–H groups in total. The van der Waals surface area contributed by atoms with E-state index in [2.05, 4.69) is 17.1 Å². The number of furan rings is 1. The number of carbonyl (C=O) groups is 1. The van der Waals surface area contributed by atoms with Crippen molar-refractivity contribution < 1.29 is 9.21 Å². The van der Waals surface area contributed by atoms with Crippen LogP contribution in [-0.2, 0) is 0 Å². The van der Waals surface area contributed by atoms with Gasteiger partial charge in [0.05, 0.1) is 6.26 Å². The number of hydrogen-bond donors (Lipinski definition) is 1. The van der Waals surface area contributed by atoms with Crippen molar-refractivity contribution in [1.29, 1.82) is 0 Å². The third-order valence-electron chi connectivity index (χ3n) is 5.19. The first-order chi connectivity index (χ1) is 10.2. The highest BCUT2D eigenvalue weighted by Crippen LogP contribution is 2.32. The minimum atomic E-state index is 0.0312. The average Bonchev–Trinajstić information content (AvgIpc) is 2.98. The van der Waals surface area contributed by atoms with E-state index >= 15 is 0 Å². The minimum absolute atomic E-state index is 0.0312. The van der Waals surface area contributed by atoms with Gasteiger partial charge in [0.25, 0.3) is 5.91 Å². The van der Waals surface area contributed by atoms with E-state index in [0.717, 1.165) is 11.0 Å². The second-order valence-electron chi connectivity index (χ2n) is 6.29. The highest BCUT2D eigenvalue weighted by molar-refractivity contribution is 5.97. The molecule has 2 bridgehead atoms. The molecule has 2 unspecified atom stereocenters. The van der Waals surface area contributed by atoms with Crippen LogP contribution < -0.4 is 5.32 Å². The zero-order valence-corrected chi connectivity index (χ0v) is 12.2. The second-order valence-corrected chi connectivity index (χ2v) is 6.29. The zero-order valence-electron chi connectivity index (χ0n) is 12.2. The number of benzene rings is 1. The largest absolute Gasteiger partial charge is 0.464 e. The summed E-state index contributed by atoms with van der Waals surface area (Å²) in [5, 5.41) is 4.24. The van der Waals surface area contributed by atoms with E-state index < -0.39 is 0 Å². The summed E-state index contributed by atoms with van der Waals surface area (Å²) in [4.78, 5) is 15.0. The second kappa shape index (κ2) is 4.88. The smallest absolute Gasteiger partial charge is 0.251 e. The van der Waals surface area contributed by atoms with Gasteiger partial charge in [0.2, 0.25) is 0 Å². The first kappa shape index (κ1) is 12.9. The van der Waals surface area contributed by atoms with Crippen LogP contribution >= 0.6 is 0 Å². The molecule has 3 aliphatic rings. The molecule has 21 heavy (non-hydrogen) atoms. The van der Waals surface area contributed by atoms with Crippen LogP contribution in [0.25, 0.3) is 11.0 Å². The Kier molecular flexibility index (Phi) is 3.00. The van der Waals surface area contributed by atoms with Crippen molar-refractivity contribution in [2.75, 3.05) is 13.1 Å². The third kappa shape index (κ3) is 2.14. The van der Waals surface area contributed by atoms with Gasteiger partial charge in [0.1, 0.15) is 5.58 Å². The van der Waals surface area contributed by atoms with Gasteiger partial charge in [-0.1, -0.05) is 0 Å². The first-order valence-electron chi connectivity index (χ1n) is 7.74. The Morgan fingerprint density at radius 1 is 1.29 bits per heavy atom. The Labute approximate surface area is 124 Å². The van der Waals surface area contributed by atoms with Gasteiger partial charge in [-0.15, -0.1) is 0 Å². The van der Waals surface area contributed by atoms with E-state index in [1.807, 2.05) is 24.3 Å². The lowest BCUT2D eigenvalue weighted by molar-refractivity contribution is 0.0217. The van der Waals surface area contributed by atoms with Gasteiger partial charge in [-0.25, -0.2) is 0 Å². The number of fused-ring (bicyclic) bond motifs is 4. The molecule has 3 aliphatic heterocycles. The Hall–Kier alpha value is -1.81. The molecule has 110 valence electrons. The summed E-state index contributed by atoms with van der Waals surface area (Å²) >= 11 is 0. The summed E-state index contributed by atoms with van der Waals surface area (Å²) in [5.41, 5.74) is 1.54. The van der Waals surface area contributed by atoms with Crippen LogP contribution in [0.15, 0.2) is 34.9 Å². The lowest BCUT2D eigenvalue weighted by Crippen LogP contribution is -2.62. The summed E-state index contributed by atoms with van der Waals surface area (Å²) in [6.45, 7) is 4.59. The predicted molar refractivity (Wildman–Crippen MR) is 81.2 cm³/mol. The molecule has 0 saturated carbocycles. The molecule has 1 aromatic heterocycles. The molecule has 0 spiro atoms. The van der Waals surface area contributed by atoms with Crippen LogP contribution in [0.3, 0.4) is 0 Å². The molecular weight excluding hydrogens is 264 g/mol. The van der Waals surface area contributed by atoms with E-state index in [1.54, 1.807) is 6.26 Å². The predicted octanol–water partition coefficient (Wildman–Crippen LogP) is 2.65. The van der Waals surface area contributed by atoms with Gasteiger partial charge in [0.15, 0.2) is 0 Å². The first-order valence-corrected chi connectivity index (χ1v) is 7.74. The van der Waals surface area contributed by atoms with E-state index in [1.165, 1.54) is 25.9 Å². The van der Waals surface area contributed by atoms with Gasteiger partial charge < -0.3 is 9.73 Å². The summed E-state index contributed by atoms with van der Waals surface area (Å²) in [7, 11) is 0. The van der Waals surface area contributed by atoms with Crippen LogP contribution in [-0.4, -0.2) is 36.0 Å². The molecule has 4 heteroatoms. The summed E-state index contributed by atoms with van der Waals surface area (Å²) in [6.07, 6.45) is 4.06. The monoisotopic (exact) mass is 284 g/mol. The molecule has 0 aliphatic carbocycles. The number of carbonyl (C=O) groups excluding carboxylic acids is 1. The fourth-order valence-corrected chi connectivity index (χ4v) is 3.89. The van der Waals surface area contributed by atoms with Crippen LogP contribution in [0, 0.1) is 5.92 Å². The fourth-order valence-electron chi connectivity index (χ4n) is 3.89. The van der Waals surface area contributed by atoms with Gasteiger partial charge in [0, 0.05) is 23.0 Å². The van der Waals surface area contributed by atoms with Gasteiger partial charge in [-0.3, -0.25) is 9.69 Å². The van der Waals surface area contributed by atoms with Crippen molar-refractivity contribution >= 4 is 16.9 Å². The lowest BCUT2D eigenvalue weighted by atomic mass is 9.79. The molecule has 1 amide bonds. The molecule has 4 nitrogen and oxygen atoms in total. The quantitative estimate of drug-likeness (QED) is 0.922. The number of rotatable bonds is 2. The highest BCUT2D eigenvalue weighted by Gasteiger charge is 2.40. The molecule has 2 atom stereocenters. The molecule has 5 rings (SSSR count). The summed E-state index contributed by atoms with van der Waals surface area (Å²) in [6, 6.07) is 8.22. The number of amides is 1. The van der Waals surface area contributed by atoms with Gasteiger partial charge in [-0.05, 0) is 63.0 Å². The van der Waals surface area contributed by atoms with Crippen molar-refractivity contribution in [3.8, 4) is 0 Å². The standard InChI is InChI=1S/C17H20N2O2/c1-11-16(12-4-7-19(11)8-5-12)18-17(20)14-2-3-15-13(10-14)6-9-21-15/h2-3,6,9-12,16H,4-5,7-8H2,1H3,(H,18,20). The highest BCUT2D eigenvalue weighted by atomic mass is 16.3. The maximum absolute atomic E-state index is 12.5. The number of nitrogens with zero attached hydrogens (tertiary/aromatic N) is 1. The average molecular weight is 284 g/mol. The minimum Gasteiger partial charge on any atom is -0.464 e. The SMILES string of the molecule is CC1C(NC(=O)c2ccc3occc3c2)C2CCN1CC2. The number of hydrogen-bond acceptors (Lipinski definition) is 3. The van der Waals surface area contributed by atoms with Crippen molar-refractivity contribution in [3.05, 3.63) is 36.1 Å². The van der Waals surface area contributed by atoms with E-state index in [0.29, 0.717) is 17.5 Å². The van der Waals surface area contributed by atoms with Crippen molar-refractivity contribution in [3.63, 3.8) is 0 Å². The van der Waals surface area contributed by atoms with E-state index in [-0.39, 0.29) is 11.9 Å². The van der Waals surface area contributed by atoms with E-state index in [9.17, 15) is 4.79 Å². The summed E-state index contributed by atoms with van der Waals surface area (Å²) in [5.74, 6) is 0.662. The van der Waals surface area contributed by atoms with Gasteiger partial charge in [-0.2, -0.15) is 0 Å². The maximum atomic E-state index is 12.5. The van der Waals surface area contributed by atoms with E-state index in [4.69, 9.17) is 4.42 Å². The maximum Gasteiger partial charge on any atom is 0.251 e. The Balaban J connectivity index is 1.54. The Morgan fingerprint density at radius 3 is 2.86 bits per heavy atom. The molecule has 3 fully saturated rings. The normalized spacial score (nSPS) is 31.5. The van der Waals surface area contributed by atoms with Crippen LogP contribution in [0.4, 0.5) is 0 Å². The molecule has 2 aromatic rings. The molecule has 0 radical (unpaired) electrons. The Morgan fingerprint density at radius 2 is 2.10 bits per heavy atom. The summed E-state index contributed by atoms with van der Waals surface area (Å²) < 4.78 is 5.32. The van der Waals surface area contributed by atoms with Gasteiger partial charge >= 0.3 is 0 Å². The molecule has 4 heterocycles. The number of nitrogens with one attached hydrogen (secondary N) is 1. The number of piperidine rings is 3. The zero-order chi connectivity index (χ0) is 14.4. The molecule has 1 aromatic carbocycles. The van der Waals surface area contributed by atoms with Crippen LogP contribution in [0.2, 0.25) is 0 Å². The van der Waals surface area contributed by atoms with Crippen LogP contribution in [0.5, 0.6) is 0 Å². The molecular formula is C17H20N2O2.